The van der Waals surface area contributed by atoms with Crippen LogP contribution in [0.1, 0.15) is 54.8 Å². The molecule has 0 saturated heterocycles. The Morgan fingerprint density at radius 3 is 2.37 bits per heavy atom. The molecule has 0 saturated carbocycles. The van der Waals surface area contributed by atoms with Crippen LogP contribution in [0.4, 0.5) is 0 Å². The van der Waals surface area contributed by atoms with Crippen molar-refractivity contribution in [1.82, 2.24) is 19.9 Å². The van der Waals surface area contributed by atoms with Gasteiger partial charge in [0.15, 0.2) is 0 Å². The van der Waals surface area contributed by atoms with Crippen molar-refractivity contribution in [2.75, 3.05) is 6.54 Å². The number of aromatic nitrogens is 3. The summed E-state index contributed by atoms with van der Waals surface area (Å²) in [4.78, 5) is 2.56. The van der Waals surface area contributed by atoms with Gasteiger partial charge in [-0.3, -0.25) is 4.90 Å². The fraction of sp³-hybridized carbons (Fsp3) is 0.391. The largest absolute Gasteiger partial charge is 0.286 e. The van der Waals surface area contributed by atoms with Gasteiger partial charge < -0.3 is 0 Å². The minimum atomic E-state index is -0.109. The standard InChI is InChI=1S/C23H28N4/c1-17-9-11-19(12-10-17)22(21-15-24-25-27(21)23(2,3)4)26-14-13-18-7-5-6-8-20(18)16-26/h5-12,15,22H,13-14,16H2,1-4H3. The van der Waals surface area contributed by atoms with E-state index >= 15 is 0 Å². The maximum absolute atomic E-state index is 4.43. The third kappa shape index (κ3) is 3.54. The second-order valence-electron chi connectivity index (χ2n) is 8.54. The molecule has 0 radical (unpaired) electrons. The Labute approximate surface area is 161 Å². The van der Waals surface area contributed by atoms with Crippen LogP contribution in [0.2, 0.25) is 0 Å². The van der Waals surface area contributed by atoms with Crippen molar-refractivity contribution in [2.45, 2.75) is 52.2 Å². The van der Waals surface area contributed by atoms with Gasteiger partial charge in [0.05, 0.1) is 23.5 Å². The summed E-state index contributed by atoms with van der Waals surface area (Å²) in [5, 5.41) is 8.71. The summed E-state index contributed by atoms with van der Waals surface area (Å²) < 4.78 is 2.08. The molecular formula is C23H28N4. The quantitative estimate of drug-likeness (QED) is 0.690. The zero-order valence-electron chi connectivity index (χ0n) is 16.7. The van der Waals surface area contributed by atoms with Crippen LogP contribution in [0.3, 0.4) is 0 Å². The fourth-order valence-electron chi connectivity index (χ4n) is 4.01. The number of benzene rings is 2. The van der Waals surface area contributed by atoms with E-state index in [1.807, 2.05) is 6.20 Å². The van der Waals surface area contributed by atoms with Gasteiger partial charge in [-0.05, 0) is 50.8 Å². The molecule has 27 heavy (non-hydrogen) atoms. The third-order valence-corrected chi connectivity index (χ3v) is 5.41. The number of hydrogen-bond donors (Lipinski definition) is 0. The second kappa shape index (κ2) is 6.93. The predicted molar refractivity (Wildman–Crippen MR) is 109 cm³/mol. The lowest BCUT2D eigenvalue weighted by Crippen LogP contribution is -2.37. The number of nitrogens with zero attached hydrogens (tertiary/aromatic N) is 4. The van der Waals surface area contributed by atoms with Crippen LogP contribution in [0.15, 0.2) is 54.7 Å². The highest BCUT2D eigenvalue weighted by molar-refractivity contribution is 5.33. The van der Waals surface area contributed by atoms with Gasteiger partial charge in [-0.15, -0.1) is 5.10 Å². The van der Waals surface area contributed by atoms with Crippen LogP contribution in [0, 0.1) is 6.92 Å². The molecule has 140 valence electrons. The summed E-state index contributed by atoms with van der Waals surface area (Å²) in [6.07, 6.45) is 3.02. The smallest absolute Gasteiger partial charge is 0.0810 e. The van der Waals surface area contributed by atoms with E-state index in [1.54, 1.807) is 0 Å². The molecule has 0 amide bonds. The maximum atomic E-state index is 4.43. The highest BCUT2D eigenvalue weighted by Crippen LogP contribution is 2.34. The van der Waals surface area contributed by atoms with Crippen LogP contribution >= 0.6 is 0 Å². The van der Waals surface area contributed by atoms with Crippen LogP contribution < -0.4 is 0 Å². The molecule has 4 nitrogen and oxygen atoms in total. The van der Waals surface area contributed by atoms with Gasteiger partial charge in [0.25, 0.3) is 0 Å². The molecule has 0 bridgehead atoms. The normalized spacial score (nSPS) is 16.1. The molecule has 2 aromatic carbocycles. The van der Waals surface area contributed by atoms with E-state index in [0.717, 1.165) is 25.2 Å². The Balaban J connectivity index is 1.78. The lowest BCUT2D eigenvalue weighted by atomic mass is 9.94. The van der Waals surface area contributed by atoms with E-state index < -0.39 is 0 Å². The maximum Gasteiger partial charge on any atom is 0.0810 e. The molecule has 1 atom stereocenters. The van der Waals surface area contributed by atoms with Crippen molar-refractivity contribution in [1.29, 1.82) is 0 Å². The van der Waals surface area contributed by atoms with Gasteiger partial charge in [-0.2, -0.15) is 0 Å². The summed E-state index contributed by atoms with van der Waals surface area (Å²) in [6, 6.07) is 17.8. The fourth-order valence-corrected chi connectivity index (χ4v) is 4.01. The van der Waals surface area contributed by atoms with Gasteiger partial charge in [0.1, 0.15) is 0 Å². The molecule has 4 rings (SSSR count). The Hall–Kier alpha value is -2.46. The van der Waals surface area contributed by atoms with Crippen LogP contribution in [0.5, 0.6) is 0 Å². The third-order valence-electron chi connectivity index (χ3n) is 5.41. The predicted octanol–water partition coefficient (Wildman–Crippen LogP) is 4.49. The van der Waals surface area contributed by atoms with E-state index in [-0.39, 0.29) is 11.6 Å². The number of rotatable bonds is 3. The van der Waals surface area contributed by atoms with Crippen molar-refractivity contribution < 1.29 is 0 Å². The molecular weight excluding hydrogens is 332 g/mol. The summed E-state index contributed by atoms with van der Waals surface area (Å²) in [7, 11) is 0. The first-order chi connectivity index (χ1) is 12.9. The zero-order chi connectivity index (χ0) is 19.0. The average Bonchev–Trinajstić information content (AvgIpc) is 3.13. The highest BCUT2D eigenvalue weighted by Gasteiger charge is 2.31. The van der Waals surface area contributed by atoms with Crippen LogP contribution in [-0.2, 0) is 18.5 Å². The van der Waals surface area contributed by atoms with Crippen LogP contribution in [0.25, 0.3) is 0 Å². The lowest BCUT2D eigenvalue weighted by molar-refractivity contribution is 0.189. The first-order valence-corrected chi connectivity index (χ1v) is 9.72. The molecule has 0 N–H and O–H groups in total. The first kappa shape index (κ1) is 17.9. The zero-order valence-corrected chi connectivity index (χ0v) is 16.7. The van der Waals surface area contributed by atoms with Crippen molar-refractivity contribution >= 4 is 0 Å². The minimum Gasteiger partial charge on any atom is -0.286 e. The van der Waals surface area contributed by atoms with E-state index in [0.29, 0.717) is 0 Å². The van der Waals surface area contributed by atoms with E-state index in [1.165, 1.54) is 22.3 Å². The topological polar surface area (TPSA) is 34.0 Å². The van der Waals surface area contributed by atoms with Crippen molar-refractivity contribution in [3.8, 4) is 0 Å². The van der Waals surface area contributed by atoms with Gasteiger partial charge >= 0.3 is 0 Å². The number of fused-ring (bicyclic) bond motifs is 1. The molecule has 0 fully saturated rings. The Morgan fingerprint density at radius 2 is 1.67 bits per heavy atom. The Bertz CT molecular complexity index is 918. The molecule has 1 aliphatic heterocycles. The number of aryl methyl sites for hydroxylation is 1. The highest BCUT2D eigenvalue weighted by atomic mass is 15.5. The minimum absolute atomic E-state index is 0.109. The van der Waals surface area contributed by atoms with E-state index in [9.17, 15) is 0 Å². The SMILES string of the molecule is Cc1ccc(C(c2cnnn2C(C)(C)C)N2CCc3ccccc3C2)cc1. The average molecular weight is 361 g/mol. The van der Waals surface area contributed by atoms with Gasteiger partial charge in [0, 0.05) is 13.1 Å². The van der Waals surface area contributed by atoms with Gasteiger partial charge in [0.2, 0.25) is 0 Å². The molecule has 1 unspecified atom stereocenters. The van der Waals surface area contributed by atoms with Crippen molar-refractivity contribution in [3.05, 3.63) is 82.7 Å². The second-order valence-corrected chi connectivity index (χ2v) is 8.54. The van der Waals surface area contributed by atoms with Crippen molar-refractivity contribution in [2.24, 2.45) is 0 Å². The Kier molecular flexibility index (Phi) is 4.60. The summed E-state index contributed by atoms with van der Waals surface area (Å²) >= 11 is 0. The molecule has 0 spiro atoms. The monoisotopic (exact) mass is 360 g/mol. The van der Waals surface area contributed by atoms with Gasteiger partial charge in [-0.25, -0.2) is 4.68 Å². The molecule has 0 aliphatic carbocycles. The first-order valence-electron chi connectivity index (χ1n) is 9.72. The molecule has 3 aromatic rings. The number of hydrogen-bond acceptors (Lipinski definition) is 3. The Morgan fingerprint density at radius 1 is 0.963 bits per heavy atom. The van der Waals surface area contributed by atoms with E-state index in [4.69, 9.17) is 0 Å². The molecule has 1 aromatic heterocycles. The van der Waals surface area contributed by atoms with E-state index in [2.05, 4.69) is 96.1 Å². The van der Waals surface area contributed by atoms with Gasteiger partial charge in [-0.1, -0.05) is 59.3 Å². The summed E-state index contributed by atoms with van der Waals surface area (Å²) in [5.41, 5.74) is 6.53. The summed E-state index contributed by atoms with van der Waals surface area (Å²) in [6.45, 7) is 10.7. The lowest BCUT2D eigenvalue weighted by Gasteiger charge is -2.37. The summed E-state index contributed by atoms with van der Waals surface area (Å²) in [5.74, 6) is 0. The van der Waals surface area contributed by atoms with Crippen LogP contribution in [-0.4, -0.2) is 26.4 Å². The van der Waals surface area contributed by atoms with Crippen molar-refractivity contribution in [3.63, 3.8) is 0 Å². The molecule has 2 heterocycles. The molecule has 1 aliphatic rings. The molecule has 4 heteroatoms.